The summed E-state index contributed by atoms with van der Waals surface area (Å²) >= 11 is 0. The molecule has 0 aliphatic heterocycles. The highest BCUT2D eigenvalue weighted by Crippen LogP contribution is 2.31. The number of rotatable bonds is 7. The molecule has 1 atom stereocenters. The minimum atomic E-state index is -0.917. The van der Waals surface area contributed by atoms with Gasteiger partial charge in [0.25, 0.3) is 0 Å². The highest BCUT2D eigenvalue weighted by molar-refractivity contribution is 6.17. The summed E-state index contributed by atoms with van der Waals surface area (Å²) in [5.41, 5.74) is 2.77. The molecule has 2 saturated carbocycles. The van der Waals surface area contributed by atoms with Gasteiger partial charge in [0.2, 0.25) is 5.91 Å². The van der Waals surface area contributed by atoms with E-state index in [0.29, 0.717) is 30.5 Å². The zero-order valence-corrected chi connectivity index (χ0v) is 16.2. The number of hydrogen-bond acceptors (Lipinski definition) is 4. The second-order valence-corrected chi connectivity index (χ2v) is 8.31. The molecule has 150 valence electrons. The molecule has 0 radical (unpaired) electrons. The van der Waals surface area contributed by atoms with Crippen LogP contribution < -0.4 is 10.6 Å². The van der Waals surface area contributed by atoms with Crippen LogP contribution in [-0.2, 0) is 22.6 Å². The van der Waals surface area contributed by atoms with Crippen molar-refractivity contribution < 1.29 is 14.7 Å². The zero-order valence-electron chi connectivity index (χ0n) is 16.2. The van der Waals surface area contributed by atoms with Gasteiger partial charge in [-0.25, -0.2) is 4.79 Å². The van der Waals surface area contributed by atoms with Crippen LogP contribution in [0.15, 0.2) is 18.3 Å². The van der Waals surface area contributed by atoms with Crippen LogP contribution in [0.5, 0.6) is 0 Å². The molecule has 1 amide bonds. The van der Waals surface area contributed by atoms with Gasteiger partial charge in [-0.05, 0) is 43.2 Å². The highest BCUT2D eigenvalue weighted by atomic mass is 16.4. The van der Waals surface area contributed by atoms with Crippen LogP contribution in [-0.4, -0.2) is 34.1 Å². The lowest BCUT2D eigenvalue weighted by Gasteiger charge is -2.26. The van der Waals surface area contributed by atoms with Gasteiger partial charge in [-0.2, -0.15) is 0 Å². The number of aliphatic carboxylic acids is 1. The van der Waals surface area contributed by atoms with Crippen molar-refractivity contribution in [2.45, 2.75) is 76.4 Å². The molecule has 3 aliphatic rings. The fourth-order valence-electron chi connectivity index (χ4n) is 5.02. The first-order valence-corrected chi connectivity index (χ1v) is 10.6. The lowest BCUT2D eigenvalue weighted by atomic mass is 9.95. The third kappa shape index (κ3) is 3.97. The lowest BCUT2D eigenvalue weighted by Crippen LogP contribution is -2.50. The third-order valence-electron chi connectivity index (χ3n) is 6.48. The Labute approximate surface area is 165 Å². The number of nitrogens with zero attached hydrogens (tertiary/aromatic N) is 1. The van der Waals surface area contributed by atoms with Gasteiger partial charge in [0, 0.05) is 30.8 Å². The van der Waals surface area contributed by atoms with Crippen molar-refractivity contribution in [2.24, 2.45) is 5.92 Å². The van der Waals surface area contributed by atoms with Gasteiger partial charge >= 0.3 is 5.97 Å². The van der Waals surface area contributed by atoms with Gasteiger partial charge in [0.15, 0.2) is 0 Å². The standard InChI is InChI=1S/C22H29N3O3/c26-21(25-16-7-3-4-8-16)20(14-5-1-2-6-14)24-13-15-11-12-23-18-10-9-17(19(15)18)22(27)28/h9,11-12,14,16,20,24H,1-8,10,13H2,(H,25,26)(H,27,28)/t20-/m1/s1. The number of carboxylic acids is 1. The third-order valence-corrected chi connectivity index (χ3v) is 6.48. The summed E-state index contributed by atoms with van der Waals surface area (Å²) in [7, 11) is 0. The minimum Gasteiger partial charge on any atom is -0.478 e. The van der Waals surface area contributed by atoms with Crippen molar-refractivity contribution in [1.82, 2.24) is 15.6 Å². The zero-order chi connectivity index (χ0) is 19.5. The van der Waals surface area contributed by atoms with E-state index in [1.807, 2.05) is 6.07 Å². The number of nitrogens with one attached hydrogen (secondary N) is 2. The molecule has 6 heteroatoms. The molecule has 0 aromatic carbocycles. The number of aromatic nitrogens is 1. The lowest BCUT2D eigenvalue weighted by molar-refractivity contribution is -0.130. The molecule has 3 N–H and O–H groups in total. The maximum absolute atomic E-state index is 13.0. The van der Waals surface area contributed by atoms with Crippen LogP contribution in [0.25, 0.3) is 5.57 Å². The van der Waals surface area contributed by atoms with E-state index in [1.165, 1.54) is 25.7 Å². The summed E-state index contributed by atoms with van der Waals surface area (Å²) in [4.78, 5) is 28.9. The maximum atomic E-state index is 13.0. The van der Waals surface area contributed by atoms with Crippen molar-refractivity contribution in [1.29, 1.82) is 0 Å². The Morgan fingerprint density at radius 1 is 1.14 bits per heavy atom. The topological polar surface area (TPSA) is 91.3 Å². The van der Waals surface area contributed by atoms with Crippen molar-refractivity contribution in [3.63, 3.8) is 0 Å². The fraction of sp³-hybridized carbons (Fsp3) is 0.591. The molecule has 0 spiro atoms. The average molecular weight is 383 g/mol. The Morgan fingerprint density at radius 3 is 2.57 bits per heavy atom. The maximum Gasteiger partial charge on any atom is 0.336 e. The van der Waals surface area contributed by atoms with Gasteiger partial charge in [-0.15, -0.1) is 0 Å². The summed E-state index contributed by atoms with van der Waals surface area (Å²) in [6.45, 7) is 0.481. The number of hydrogen-bond donors (Lipinski definition) is 3. The predicted molar refractivity (Wildman–Crippen MR) is 107 cm³/mol. The van der Waals surface area contributed by atoms with Crippen molar-refractivity contribution >= 4 is 17.4 Å². The monoisotopic (exact) mass is 383 g/mol. The van der Waals surface area contributed by atoms with Crippen LogP contribution in [0.1, 0.15) is 68.2 Å². The Balaban J connectivity index is 1.49. The molecule has 1 heterocycles. The quantitative estimate of drug-likeness (QED) is 0.673. The van der Waals surface area contributed by atoms with E-state index in [1.54, 1.807) is 12.3 Å². The molecule has 6 nitrogen and oxygen atoms in total. The van der Waals surface area contributed by atoms with Crippen LogP contribution in [0.3, 0.4) is 0 Å². The summed E-state index contributed by atoms with van der Waals surface area (Å²) in [6, 6.07) is 1.96. The number of carboxylic acid groups (broad SMARTS) is 1. The number of fused-ring (bicyclic) bond motifs is 1. The number of allylic oxidation sites excluding steroid dienone is 1. The summed E-state index contributed by atoms with van der Waals surface area (Å²) in [5, 5.41) is 16.2. The van der Waals surface area contributed by atoms with E-state index >= 15 is 0 Å². The first kappa shape index (κ1) is 19.1. The van der Waals surface area contributed by atoms with Gasteiger partial charge in [-0.1, -0.05) is 31.8 Å². The molecule has 1 aromatic heterocycles. The average Bonchev–Trinajstić information content (AvgIpc) is 3.43. The molecule has 2 fully saturated rings. The molecular formula is C22H29N3O3. The van der Waals surface area contributed by atoms with Crippen LogP contribution in [0, 0.1) is 5.92 Å². The Bertz CT molecular complexity index is 777. The van der Waals surface area contributed by atoms with Gasteiger partial charge in [0.1, 0.15) is 0 Å². The van der Waals surface area contributed by atoms with Crippen molar-refractivity contribution in [3.8, 4) is 0 Å². The minimum absolute atomic E-state index is 0.110. The first-order valence-electron chi connectivity index (χ1n) is 10.6. The summed E-state index contributed by atoms with van der Waals surface area (Å²) in [6.07, 6.45) is 13.1. The molecule has 0 saturated heterocycles. The Kier molecular flexibility index (Phi) is 5.76. The fourth-order valence-corrected chi connectivity index (χ4v) is 5.02. The molecule has 0 unspecified atom stereocenters. The second kappa shape index (κ2) is 8.43. The van der Waals surface area contributed by atoms with Gasteiger partial charge < -0.3 is 15.7 Å². The van der Waals surface area contributed by atoms with Crippen LogP contribution >= 0.6 is 0 Å². The molecule has 4 rings (SSSR count). The highest BCUT2D eigenvalue weighted by Gasteiger charge is 2.32. The first-order chi connectivity index (χ1) is 13.6. The molecule has 3 aliphatic carbocycles. The van der Waals surface area contributed by atoms with Crippen molar-refractivity contribution in [2.75, 3.05) is 0 Å². The van der Waals surface area contributed by atoms with Gasteiger partial charge in [-0.3, -0.25) is 9.78 Å². The number of carbonyl (C=O) groups is 2. The van der Waals surface area contributed by atoms with Crippen LogP contribution in [0.2, 0.25) is 0 Å². The summed E-state index contributed by atoms with van der Waals surface area (Å²) < 4.78 is 0. The number of carbonyl (C=O) groups excluding carboxylic acids is 1. The summed E-state index contributed by atoms with van der Waals surface area (Å²) in [5.74, 6) is -0.455. The van der Waals surface area contributed by atoms with E-state index in [2.05, 4.69) is 15.6 Å². The van der Waals surface area contributed by atoms with E-state index in [9.17, 15) is 14.7 Å². The number of pyridine rings is 1. The largest absolute Gasteiger partial charge is 0.478 e. The predicted octanol–water partition coefficient (Wildman–Crippen LogP) is 2.81. The van der Waals surface area contributed by atoms with Crippen LogP contribution in [0.4, 0.5) is 0 Å². The van der Waals surface area contributed by atoms with E-state index < -0.39 is 5.97 Å². The van der Waals surface area contributed by atoms with E-state index in [4.69, 9.17) is 0 Å². The van der Waals surface area contributed by atoms with E-state index in [-0.39, 0.29) is 11.9 Å². The number of amides is 1. The Hall–Kier alpha value is -2.21. The molecule has 0 bridgehead atoms. The second-order valence-electron chi connectivity index (χ2n) is 8.31. The normalized spacial score (nSPS) is 20.8. The molecule has 1 aromatic rings. The Morgan fingerprint density at radius 2 is 1.86 bits per heavy atom. The SMILES string of the molecule is O=C(O)C1=CCc2nccc(CN[C@@H](C(=O)NC3CCCC3)C3CCCC3)c21. The van der Waals surface area contributed by atoms with Gasteiger partial charge in [0.05, 0.1) is 17.3 Å². The smallest absolute Gasteiger partial charge is 0.336 e. The molecule has 28 heavy (non-hydrogen) atoms. The van der Waals surface area contributed by atoms with E-state index in [0.717, 1.165) is 42.5 Å². The van der Waals surface area contributed by atoms with Crippen molar-refractivity contribution in [3.05, 3.63) is 35.2 Å². The molecular weight excluding hydrogens is 354 g/mol.